The number of piperidine rings is 1. The zero-order valence-corrected chi connectivity index (χ0v) is 21.3. The van der Waals surface area contributed by atoms with Crippen LogP contribution < -0.4 is 21.3 Å². The molecule has 0 radical (unpaired) electrons. The van der Waals surface area contributed by atoms with Gasteiger partial charge in [0.25, 0.3) is 0 Å². The third-order valence-electron chi connectivity index (χ3n) is 6.74. The van der Waals surface area contributed by atoms with Crippen LogP contribution in [0.15, 0.2) is 73.6 Å². The number of aromatic amines is 1. The summed E-state index contributed by atoms with van der Waals surface area (Å²) in [5, 5.41) is 13.6. The lowest BCUT2D eigenvalue weighted by atomic mass is 9.95. The van der Waals surface area contributed by atoms with E-state index in [1.54, 1.807) is 12.1 Å². The molecule has 2 aromatic carbocycles. The molecule has 0 bridgehead atoms. The Hall–Kier alpha value is -4.50. The first kappa shape index (κ1) is 25.2. The van der Waals surface area contributed by atoms with E-state index in [0.717, 1.165) is 39.8 Å². The average Bonchev–Trinajstić information content (AvgIpc) is 3.37. The van der Waals surface area contributed by atoms with Gasteiger partial charge in [0.05, 0.1) is 11.6 Å². The number of carbonyl (C=O) groups is 2. The molecule has 2 aromatic heterocycles. The number of nitrogens with zero attached hydrogens (tertiary/aromatic N) is 2. The fourth-order valence-corrected chi connectivity index (χ4v) is 4.72. The van der Waals surface area contributed by atoms with Crippen LogP contribution in [0, 0.1) is 12.8 Å². The smallest absolute Gasteiger partial charge is 0.247 e. The summed E-state index contributed by atoms with van der Waals surface area (Å²) >= 11 is 0. The summed E-state index contributed by atoms with van der Waals surface area (Å²) in [4.78, 5) is 37.0. The van der Waals surface area contributed by atoms with Gasteiger partial charge < -0.3 is 26.3 Å². The first-order valence-corrected chi connectivity index (χ1v) is 12.7. The third-order valence-corrected chi connectivity index (χ3v) is 6.74. The summed E-state index contributed by atoms with van der Waals surface area (Å²) < 4.78 is 0. The summed E-state index contributed by atoms with van der Waals surface area (Å²) in [6, 6.07) is 15.5. The second-order valence-corrected chi connectivity index (χ2v) is 9.51. The molecule has 3 heterocycles. The Morgan fingerprint density at radius 2 is 1.95 bits per heavy atom. The van der Waals surface area contributed by atoms with Crippen molar-refractivity contribution in [3.8, 4) is 11.3 Å². The molecule has 9 heteroatoms. The van der Waals surface area contributed by atoms with E-state index in [0.29, 0.717) is 31.1 Å². The molecule has 1 fully saturated rings. The molecule has 1 aliphatic rings. The zero-order chi connectivity index (χ0) is 26.5. The van der Waals surface area contributed by atoms with Crippen molar-refractivity contribution in [3.05, 3.63) is 84.7 Å². The van der Waals surface area contributed by atoms with Crippen molar-refractivity contribution in [2.24, 2.45) is 5.92 Å². The van der Waals surface area contributed by atoms with Crippen molar-refractivity contribution in [1.82, 2.24) is 25.6 Å². The molecule has 0 aliphatic carbocycles. The van der Waals surface area contributed by atoms with Gasteiger partial charge in [0, 0.05) is 60.2 Å². The van der Waals surface area contributed by atoms with Crippen LogP contribution in [0.2, 0.25) is 0 Å². The van der Waals surface area contributed by atoms with Gasteiger partial charge in [0.15, 0.2) is 0 Å². The number of hydrogen-bond donors (Lipinski definition) is 5. The monoisotopic (exact) mass is 509 g/mol. The number of carbonyl (C=O) groups excluding carboxylic acids is 2. The fourth-order valence-electron chi connectivity index (χ4n) is 4.72. The first-order chi connectivity index (χ1) is 18.5. The van der Waals surface area contributed by atoms with E-state index in [4.69, 9.17) is 4.98 Å². The van der Waals surface area contributed by atoms with Crippen molar-refractivity contribution in [3.63, 3.8) is 0 Å². The van der Waals surface area contributed by atoms with E-state index in [-0.39, 0.29) is 23.8 Å². The number of hydrogen-bond acceptors (Lipinski definition) is 6. The highest BCUT2D eigenvalue weighted by molar-refractivity contribution is 5.98. The molecular weight excluding hydrogens is 478 g/mol. The van der Waals surface area contributed by atoms with Crippen LogP contribution in [0.5, 0.6) is 0 Å². The second-order valence-electron chi connectivity index (χ2n) is 9.51. The van der Waals surface area contributed by atoms with Crippen LogP contribution in [-0.2, 0) is 16.1 Å². The molecule has 0 spiro atoms. The molecular formula is C29H31N7O2. The number of amides is 2. The van der Waals surface area contributed by atoms with Crippen LogP contribution in [0.4, 0.5) is 11.6 Å². The lowest BCUT2D eigenvalue weighted by Crippen LogP contribution is -2.48. The minimum absolute atomic E-state index is 0.00246. The van der Waals surface area contributed by atoms with Crippen LogP contribution in [0.3, 0.4) is 0 Å². The maximum atomic E-state index is 12.9. The first-order valence-electron chi connectivity index (χ1n) is 12.7. The highest BCUT2D eigenvalue weighted by Crippen LogP contribution is 2.30. The maximum absolute atomic E-state index is 12.9. The Balaban J connectivity index is 1.19. The number of rotatable bonds is 8. The number of nitrogens with one attached hydrogen (secondary N) is 5. The molecule has 5 rings (SSSR count). The number of aromatic nitrogens is 3. The molecule has 194 valence electrons. The zero-order valence-electron chi connectivity index (χ0n) is 21.3. The van der Waals surface area contributed by atoms with E-state index in [9.17, 15) is 9.59 Å². The van der Waals surface area contributed by atoms with Gasteiger partial charge in [-0.25, -0.2) is 9.97 Å². The molecule has 2 unspecified atom stereocenters. The summed E-state index contributed by atoms with van der Waals surface area (Å²) in [6.07, 6.45) is 5.71. The average molecular weight is 510 g/mol. The topological polar surface area (TPSA) is 124 Å². The van der Waals surface area contributed by atoms with Gasteiger partial charge in [-0.05, 0) is 48.7 Å². The van der Waals surface area contributed by atoms with Crippen LogP contribution in [0.1, 0.15) is 17.5 Å². The second kappa shape index (κ2) is 11.3. The predicted octanol–water partition coefficient (Wildman–Crippen LogP) is 3.76. The minimum atomic E-state index is -0.260. The highest BCUT2D eigenvalue weighted by atomic mass is 16.2. The molecule has 4 aromatic rings. The van der Waals surface area contributed by atoms with Crippen LogP contribution in [0.25, 0.3) is 22.2 Å². The van der Waals surface area contributed by atoms with Gasteiger partial charge in [0.1, 0.15) is 0 Å². The van der Waals surface area contributed by atoms with Crippen molar-refractivity contribution in [1.29, 1.82) is 0 Å². The Morgan fingerprint density at radius 1 is 1.13 bits per heavy atom. The fraction of sp³-hybridized carbons (Fsp3) is 0.241. The van der Waals surface area contributed by atoms with Crippen LogP contribution >= 0.6 is 0 Å². The van der Waals surface area contributed by atoms with Gasteiger partial charge in [-0.2, -0.15) is 0 Å². The third kappa shape index (κ3) is 5.73. The predicted molar refractivity (Wildman–Crippen MR) is 150 cm³/mol. The SMILES string of the molecule is C=CC(=O)Nc1ccc(CNC(=O)C2CNCC(Nc3ncc(C)c(-c4c[nH]c5ccccc45)n3)C2)cc1. The van der Waals surface area contributed by atoms with E-state index < -0.39 is 0 Å². The number of para-hydroxylation sites is 1. The lowest BCUT2D eigenvalue weighted by Gasteiger charge is -2.30. The summed E-state index contributed by atoms with van der Waals surface area (Å²) in [6.45, 7) is 7.21. The minimum Gasteiger partial charge on any atom is -0.360 e. The lowest BCUT2D eigenvalue weighted by molar-refractivity contribution is -0.125. The summed E-state index contributed by atoms with van der Waals surface area (Å²) in [7, 11) is 0. The van der Waals surface area contributed by atoms with Gasteiger partial charge in [-0.3, -0.25) is 9.59 Å². The quantitative estimate of drug-likeness (QED) is 0.231. The van der Waals surface area contributed by atoms with Crippen molar-refractivity contribution in [2.45, 2.75) is 25.9 Å². The highest BCUT2D eigenvalue weighted by Gasteiger charge is 2.27. The van der Waals surface area contributed by atoms with Gasteiger partial charge in [0.2, 0.25) is 17.8 Å². The van der Waals surface area contributed by atoms with Crippen molar-refractivity contribution >= 4 is 34.4 Å². The molecule has 2 amide bonds. The van der Waals surface area contributed by atoms with E-state index >= 15 is 0 Å². The molecule has 9 nitrogen and oxygen atoms in total. The largest absolute Gasteiger partial charge is 0.360 e. The van der Waals surface area contributed by atoms with E-state index in [1.807, 2.05) is 49.6 Å². The Kier molecular flexibility index (Phi) is 7.46. The number of benzene rings is 2. The van der Waals surface area contributed by atoms with Gasteiger partial charge >= 0.3 is 0 Å². The Bertz CT molecular complexity index is 1460. The summed E-state index contributed by atoms with van der Waals surface area (Å²) in [5.41, 5.74) is 5.62. The molecule has 1 aliphatic heterocycles. The number of fused-ring (bicyclic) bond motifs is 1. The normalized spacial score (nSPS) is 17.1. The van der Waals surface area contributed by atoms with E-state index in [2.05, 4.69) is 43.9 Å². The van der Waals surface area contributed by atoms with Crippen molar-refractivity contribution in [2.75, 3.05) is 23.7 Å². The Labute approximate surface area is 221 Å². The Morgan fingerprint density at radius 3 is 2.76 bits per heavy atom. The van der Waals surface area contributed by atoms with Crippen LogP contribution in [-0.4, -0.2) is 45.9 Å². The van der Waals surface area contributed by atoms with E-state index in [1.165, 1.54) is 6.08 Å². The molecule has 38 heavy (non-hydrogen) atoms. The molecule has 1 saturated heterocycles. The van der Waals surface area contributed by atoms with Gasteiger partial charge in [-0.15, -0.1) is 0 Å². The maximum Gasteiger partial charge on any atom is 0.247 e. The number of H-pyrrole nitrogens is 1. The summed E-state index contributed by atoms with van der Waals surface area (Å²) in [5.74, 6) is 0.111. The molecule has 2 atom stereocenters. The van der Waals surface area contributed by atoms with Crippen molar-refractivity contribution < 1.29 is 9.59 Å². The van der Waals surface area contributed by atoms with Gasteiger partial charge in [-0.1, -0.05) is 36.9 Å². The molecule has 5 N–H and O–H groups in total. The standard InChI is InChI=1S/C29H31N7O2/c1-3-26(37)34-21-10-8-19(9-11-21)14-32-28(38)20-12-22(16-30-15-20)35-29-33-13-18(2)27(36-29)24-17-31-25-7-5-4-6-23(24)25/h3-11,13,17,20,22,30-31H,1,12,14-16H2,2H3,(H,32,38)(H,34,37)(H,33,35,36). The molecule has 0 saturated carbocycles. The number of aryl methyl sites for hydroxylation is 1. The number of anilines is 2.